The van der Waals surface area contributed by atoms with Crippen LogP contribution in [0.4, 0.5) is 0 Å². The number of methoxy groups -OCH3 is 2. The number of ether oxygens (including phenoxy) is 2. The van der Waals surface area contributed by atoms with Crippen molar-refractivity contribution in [2.45, 2.75) is 26.1 Å². The van der Waals surface area contributed by atoms with Gasteiger partial charge in [-0.15, -0.1) is 12.2 Å². The van der Waals surface area contributed by atoms with E-state index in [-0.39, 0.29) is 48.9 Å². The van der Waals surface area contributed by atoms with Crippen LogP contribution in [-0.2, 0) is 9.47 Å². The van der Waals surface area contributed by atoms with Crippen LogP contribution in [0.3, 0.4) is 0 Å². The summed E-state index contributed by atoms with van der Waals surface area (Å²) < 4.78 is 8.98. The maximum Gasteiger partial charge on any atom is 2.00 e. The number of hydrogen-bond acceptors (Lipinski definition) is 4. The van der Waals surface area contributed by atoms with Gasteiger partial charge in [0.15, 0.2) is 0 Å². The van der Waals surface area contributed by atoms with E-state index in [1.165, 1.54) is 14.2 Å². The minimum absolute atomic E-state index is 0. The van der Waals surface area contributed by atoms with Gasteiger partial charge in [-0.25, -0.2) is 0 Å². The second-order valence-electron chi connectivity index (χ2n) is 2.53. The molecule has 0 radical (unpaired) electrons. The molecule has 0 aromatic heterocycles. The second kappa shape index (κ2) is 15.9. The van der Waals surface area contributed by atoms with Crippen molar-refractivity contribution >= 4 is 48.9 Å². The molecule has 0 heterocycles. The molecule has 5 heteroatoms. The Morgan fingerprint density at radius 3 is 1.15 bits per heavy atom. The van der Waals surface area contributed by atoms with Crippen LogP contribution < -0.4 is 10.2 Å². The van der Waals surface area contributed by atoms with Crippen LogP contribution in [0.1, 0.15) is 13.8 Å². The summed E-state index contributed by atoms with van der Waals surface area (Å²) in [6, 6.07) is 0. The van der Waals surface area contributed by atoms with Gasteiger partial charge in [0.1, 0.15) is 0 Å². The van der Waals surface area contributed by atoms with Crippen molar-refractivity contribution in [1.82, 2.24) is 0 Å². The van der Waals surface area contributed by atoms with Crippen molar-refractivity contribution in [3.63, 3.8) is 0 Å². The Morgan fingerprint density at radius 2 is 1.15 bits per heavy atom. The molecule has 0 saturated carbocycles. The van der Waals surface area contributed by atoms with Crippen molar-refractivity contribution in [2.24, 2.45) is 0 Å². The van der Waals surface area contributed by atoms with E-state index in [0.717, 1.165) is 0 Å². The summed E-state index contributed by atoms with van der Waals surface area (Å²) in [6.45, 7) is 3.78. The third-order valence-electron chi connectivity index (χ3n) is 0.803. The molecular weight excluding hydrogens is 297 g/mol. The zero-order valence-electron chi connectivity index (χ0n) is 8.91. The number of hydrogen-bond donors (Lipinski definition) is 0. The summed E-state index contributed by atoms with van der Waals surface area (Å²) in [4.78, 5) is 0. The molecule has 0 aromatic rings. The molecule has 0 aliphatic heterocycles. The van der Waals surface area contributed by atoms with Gasteiger partial charge in [0, 0.05) is 27.4 Å². The molecule has 2 unspecified atom stereocenters. The Kier molecular flexibility index (Phi) is 24.3. The molecule has 0 aliphatic carbocycles. The summed E-state index contributed by atoms with van der Waals surface area (Å²) in [6.07, 6.45) is -1.15. The largest absolute Gasteiger partial charge is 2.00 e. The summed E-state index contributed by atoms with van der Waals surface area (Å²) in [5.41, 5.74) is 0. The van der Waals surface area contributed by atoms with Crippen LogP contribution in [0.15, 0.2) is 0 Å². The Labute approximate surface area is 121 Å². The van der Waals surface area contributed by atoms with Gasteiger partial charge in [-0.1, -0.05) is 13.8 Å². The van der Waals surface area contributed by atoms with Crippen LogP contribution in [0, 0.1) is 0 Å². The molecule has 0 fully saturated rings. The third-order valence-corrected chi connectivity index (χ3v) is 0.803. The maximum atomic E-state index is 10.0. The van der Waals surface area contributed by atoms with E-state index in [1.54, 1.807) is 13.8 Å². The first kappa shape index (κ1) is 19.9. The van der Waals surface area contributed by atoms with Crippen molar-refractivity contribution < 1.29 is 19.7 Å². The van der Waals surface area contributed by atoms with Crippen molar-refractivity contribution in [3.05, 3.63) is 0 Å². The zero-order chi connectivity index (χ0) is 9.98. The average Bonchev–Trinajstić information content (AvgIpc) is 1.87. The molecule has 0 N–H and O–H groups in total. The predicted octanol–water partition coefficient (Wildman–Crippen LogP) is -1.62. The Balaban J connectivity index is -0.000000143. The molecule has 13 heavy (non-hydrogen) atoms. The Bertz CT molecular complexity index is 68.5. The standard InChI is InChI=1S/2C4H9O2.Ba/c2*1-4(5)3-6-2;/h2*4H,3H2,1-2H3;/q2*-1;+2. The molecule has 2 atom stereocenters. The fourth-order valence-corrected chi connectivity index (χ4v) is 0.469. The van der Waals surface area contributed by atoms with E-state index in [9.17, 15) is 10.2 Å². The third kappa shape index (κ3) is 31.8. The van der Waals surface area contributed by atoms with Crippen LogP contribution in [0.25, 0.3) is 0 Å². The molecular formula is C8H18BaO4. The summed E-state index contributed by atoms with van der Waals surface area (Å²) >= 11 is 0. The van der Waals surface area contributed by atoms with Gasteiger partial charge in [0.05, 0.1) is 0 Å². The first-order valence-corrected chi connectivity index (χ1v) is 3.84. The van der Waals surface area contributed by atoms with E-state index in [2.05, 4.69) is 9.47 Å². The molecule has 0 spiro atoms. The fourth-order valence-electron chi connectivity index (χ4n) is 0.469. The normalized spacial score (nSPS) is 13.4. The molecule has 0 rings (SSSR count). The molecule has 4 nitrogen and oxygen atoms in total. The average molecular weight is 316 g/mol. The quantitative estimate of drug-likeness (QED) is 0.585. The Hall–Kier alpha value is 1.41. The molecule has 0 amide bonds. The smallest absolute Gasteiger partial charge is 0.851 e. The molecule has 76 valence electrons. The summed E-state index contributed by atoms with van der Waals surface area (Å²) in [7, 11) is 3.04. The zero-order valence-corrected chi connectivity index (χ0v) is 13.3. The van der Waals surface area contributed by atoms with Gasteiger partial charge in [-0.05, 0) is 0 Å². The van der Waals surface area contributed by atoms with E-state index >= 15 is 0 Å². The summed E-state index contributed by atoms with van der Waals surface area (Å²) in [5.74, 6) is 0. The molecule has 0 aromatic carbocycles. The molecule has 0 saturated heterocycles. The number of rotatable bonds is 4. The first-order valence-electron chi connectivity index (χ1n) is 3.84. The van der Waals surface area contributed by atoms with E-state index in [1.807, 2.05) is 0 Å². The first-order chi connectivity index (χ1) is 5.54. The SMILES string of the molecule is COCC(C)[O-].COCC(C)[O-].[Ba+2]. The fraction of sp³-hybridized carbons (Fsp3) is 1.00. The van der Waals surface area contributed by atoms with Gasteiger partial charge in [-0.3, -0.25) is 0 Å². The molecule has 0 bridgehead atoms. The van der Waals surface area contributed by atoms with Gasteiger partial charge >= 0.3 is 48.9 Å². The van der Waals surface area contributed by atoms with Gasteiger partial charge in [0.25, 0.3) is 0 Å². The monoisotopic (exact) mass is 316 g/mol. The topological polar surface area (TPSA) is 64.6 Å². The van der Waals surface area contributed by atoms with Crippen molar-refractivity contribution in [1.29, 1.82) is 0 Å². The minimum atomic E-state index is -0.574. The van der Waals surface area contributed by atoms with Crippen molar-refractivity contribution in [3.8, 4) is 0 Å². The van der Waals surface area contributed by atoms with Gasteiger partial charge in [0.2, 0.25) is 0 Å². The van der Waals surface area contributed by atoms with Crippen molar-refractivity contribution in [2.75, 3.05) is 27.4 Å². The van der Waals surface area contributed by atoms with E-state index in [4.69, 9.17) is 0 Å². The van der Waals surface area contributed by atoms with Crippen LogP contribution in [-0.4, -0.2) is 88.5 Å². The predicted molar refractivity (Wildman–Crippen MR) is 48.4 cm³/mol. The van der Waals surface area contributed by atoms with Crippen LogP contribution >= 0.6 is 0 Å². The molecule has 0 aliphatic rings. The maximum absolute atomic E-state index is 10.0. The Morgan fingerprint density at radius 1 is 0.923 bits per heavy atom. The minimum Gasteiger partial charge on any atom is -0.851 e. The van der Waals surface area contributed by atoms with Gasteiger partial charge in [-0.2, -0.15) is 0 Å². The van der Waals surface area contributed by atoms with E-state index < -0.39 is 12.2 Å². The van der Waals surface area contributed by atoms with E-state index in [0.29, 0.717) is 13.2 Å². The van der Waals surface area contributed by atoms with Gasteiger partial charge < -0.3 is 19.7 Å². The van der Waals surface area contributed by atoms with Crippen LogP contribution in [0.2, 0.25) is 0 Å². The second-order valence-corrected chi connectivity index (χ2v) is 2.53. The van der Waals surface area contributed by atoms with Crippen LogP contribution in [0.5, 0.6) is 0 Å². The summed E-state index contributed by atoms with van der Waals surface area (Å²) in [5, 5.41) is 20.0.